The second-order valence-corrected chi connectivity index (χ2v) is 3.99. The molecule has 3 unspecified atom stereocenters. The molecule has 0 aromatic carbocycles. The maximum Gasteiger partial charge on any atom is 0.101 e. The molecule has 3 N–H and O–H groups in total. The fourth-order valence-electron chi connectivity index (χ4n) is 1.82. The van der Waals surface area contributed by atoms with Crippen molar-refractivity contribution in [3.05, 3.63) is 0 Å². The van der Waals surface area contributed by atoms with Gasteiger partial charge in [-0.15, -0.1) is 0 Å². The normalized spacial score (nSPS) is 30.2. The fourth-order valence-corrected chi connectivity index (χ4v) is 1.82. The Labute approximate surface area is 85.4 Å². The molecule has 14 heavy (non-hydrogen) atoms. The maximum absolute atomic E-state index is 9.36. The first-order chi connectivity index (χ1) is 6.72. The molecule has 1 saturated carbocycles. The fraction of sp³-hybridized carbons (Fsp3) is 1.00. The van der Waals surface area contributed by atoms with Crippen molar-refractivity contribution in [1.82, 2.24) is 0 Å². The molecule has 3 atom stereocenters. The lowest BCUT2D eigenvalue weighted by atomic mass is 9.93. The van der Waals surface area contributed by atoms with Gasteiger partial charge in [-0.05, 0) is 25.7 Å². The summed E-state index contributed by atoms with van der Waals surface area (Å²) in [6.07, 6.45) is 3.92. The first kappa shape index (κ1) is 11.9. The zero-order valence-electron chi connectivity index (χ0n) is 8.82. The minimum absolute atomic E-state index is 0.227. The van der Waals surface area contributed by atoms with E-state index in [0.717, 1.165) is 25.7 Å². The van der Waals surface area contributed by atoms with Crippen molar-refractivity contribution in [1.29, 1.82) is 0 Å². The van der Waals surface area contributed by atoms with Crippen LogP contribution in [0.25, 0.3) is 0 Å². The van der Waals surface area contributed by atoms with E-state index in [1.54, 1.807) is 7.11 Å². The van der Waals surface area contributed by atoms with Crippen molar-refractivity contribution in [3.8, 4) is 0 Å². The monoisotopic (exact) mass is 203 g/mol. The third-order valence-corrected chi connectivity index (χ3v) is 2.55. The topological polar surface area (TPSA) is 64.7 Å². The van der Waals surface area contributed by atoms with E-state index in [1.165, 1.54) is 0 Å². The van der Waals surface area contributed by atoms with Crippen molar-refractivity contribution in [3.63, 3.8) is 0 Å². The van der Waals surface area contributed by atoms with Crippen molar-refractivity contribution in [2.75, 3.05) is 20.3 Å². The Morgan fingerprint density at radius 2 is 2.21 bits per heavy atom. The number of nitrogens with two attached hydrogens (primary N) is 1. The Kier molecular flexibility index (Phi) is 5.40. The highest BCUT2D eigenvalue weighted by Gasteiger charge is 2.20. The van der Waals surface area contributed by atoms with Crippen molar-refractivity contribution >= 4 is 0 Å². The molecule has 1 aliphatic rings. The summed E-state index contributed by atoms with van der Waals surface area (Å²) < 4.78 is 10.4. The number of ether oxygens (including phenoxy) is 2. The van der Waals surface area contributed by atoms with Gasteiger partial charge in [0.25, 0.3) is 0 Å². The van der Waals surface area contributed by atoms with Gasteiger partial charge in [-0.3, -0.25) is 0 Å². The van der Waals surface area contributed by atoms with Crippen LogP contribution in [0.1, 0.15) is 25.7 Å². The number of aliphatic hydroxyl groups excluding tert-OH is 1. The van der Waals surface area contributed by atoms with E-state index in [4.69, 9.17) is 15.2 Å². The Morgan fingerprint density at radius 3 is 2.86 bits per heavy atom. The van der Waals surface area contributed by atoms with Gasteiger partial charge in [0.1, 0.15) is 6.10 Å². The molecule has 1 fully saturated rings. The van der Waals surface area contributed by atoms with E-state index in [9.17, 15) is 5.11 Å². The van der Waals surface area contributed by atoms with Gasteiger partial charge in [-0.25, -0.2) is 0 Å². The number of rotatable bonds is 5. The highest BCUT2D eigenvalue weighted by Crippen LogP contribution is 2.19. The Morgan fingerprint density at radius 1 is 1.43 bits per heavy atom. The largest absolute Gasteiger partial charge is 0.388 e. The van der Waals surface area contributed by atoms with Crippen LogP contribution in [0, 0.1) is 0 Å². The first-order valence-corrected chi connectivity index (χ1v) is 5.26. The van der Waals surface area contributed by atoms with E-state index < -0.39 is 6.10 Å². The molecule has 0 radical (unpaired) electrons. The molecule has 0 spiro atoms. The summed E-state index contributed by atoms with van der Waals surface area (Å²) in [6.45, 7) is 0.685. The van der Waals surface area contributed by atoms with Crippen LogP contribution >= 0.6 is 0 Å². The van der Waals surface area contributed by atoms with Gasteiger partial charge in [0.2, 0.25) is 0 Å². The number of methoxy groups -OCH3 is 1. The Hall–Kier alpha value is -0.160. The molecule has 4 heteroatoms. The summed E-state index contributed by atoms with van der Waals surface area (Å²) in [5.74, 6) is 0. The average molecular weight is 203 g/mol. The van der Waals surface area contributed by atoms with Gasteiger partial charge < -0.3 is 20.3 Å². The molecule has 0 aromatic rings. The van der Waals surface area contributed by atoms with Gasteiger partial charge in [0, 0.05) is 13.2 Å². The minimum Gasteiger partial charge on any atom is -0.388 e. The molecule has 0 saturated heterocycles. The lowest BCUT2D eigenvalue weighted by Crippen LogP contribution is -2.34. The van der Waals surface area contributed by atoms with Crippen LogP contribution in [0.4, 0.5) is 0 Å². The van der Waals surface area contributed by atoms with E-state index in [2.05, 4.69) is 0 Å². The van der Waals surface area contributed by atoms with Gasteiger partial charge in [0.05, 0.1) is 19.3 Å². The van der Waals surface area contributed by atoms with Gasteiger partial charge >= 0.3 is 0 Å². The summed E-state index contributed by atoms with van der Waals surface area (Å²) in [5, 5.41) is 9.36. The molecule has 0 amide bonds. The Balaban J connectivity index is 2.10. The van der Waals surface area contributed by atoms with Crippen LogP contribution in [0.3, 0.4) is 0 Å². The lowest BCUT2D eigenvalue weighted by Gasteiger charge is -2.27. The van der Waals surface area contributed by atoms with Crippen molar-refractivity contribution in [2.45, 2.75) is 43.9 Å². The van der Waals surface area contributed by atoms with Gasteiger partial charge in [0.15, 0.2) is 0 Å². The Bertz CT molecular complexity index is 154. The van der Waals surface area contributed by atoms with Crippen molar-refractivity contribution < 1.29 is 14.6 Å². The lowest BCUT2D eigenvalue weighted by molar-refractivity contribution is -0.0479. The first-order valence-electron chi connectivity index (χ1n) is 5.26. The number of aliphatic hydroxyl groups is 1. The van der Waals surface area contributed by atoms with E-state index >= 15 is 0 Å². The summed E-state index contributed by atoms with van der Waals surface area (Å²) in [7, 11) is 1.57. The maximum atomic E-state index is 9.36. The molecule has 0 bridgehead atoms. The van der Waals surface area contributed by atoms with Gasteiger partial charge in [-0.1, -0.05) is 0 Å². The molecule has 0 aromatic heterocycles. The quantitative estimate of drug-likeness (QED) is 0.673. The van der Waals surface area contributed by atoms with Crippen LogP contribution in [-0.4, -0.2) is 43.7 Å². The van der Waals surface area contributed by atoms with Crippen LogP contribution in [-0.2, 0) is 9.47 Å². The number of hydrogen-bond donors (Lipinski definition) is 2. The highest BCUT2D eigenvalue weighted by atomic mass is 16.5. The summed E-state index contributed by atoms with van der Waals surface area (Å²) in [4.78, 5) is 0. The van der Waals surface area contributed by atoms with Crippen LogP contribution < -0.4 is 5.73 Å². The van der Waals surface area contributed by atoms with Crippen LogP contribution in [0.5, 0.6) is 0 Å². The van der Waals surface area contributed by atoms with Gasteiger partial charge in [-0.2, -0.15) is 0 Å². The predicted octanol–water partition coefficient (Wildman–Crippen LogP) is 0.280. The molecular weight excluding hydrogens is 182 g/mol. The van der Waals surface area contributed by atoms with E-state index in [-0.39, 0.29) is 12.1 Å². The predicted molar refractivity (Wildman–Crippen MR) is 54.1 cm³/mol. The summed E-state index contributed by atoms with van der Waals surface area (Å²) in [6, 6.07) is 0.272. The molecule has 4 nitrogen and oxygen atoms in total. The molecule has 1 aliphatic carbocycles. The average Bonchev–Trinajstić information content (AvgIpc) is 2.15. The highest BCUT2D eigenvalue weighted by molar-refractivity contribution is 4.75. The number of hydrogen-bond acceptors (Lipinski definition) is 4. The van der Waals surface area contributed by atoms with Crippen LogP contribution in [0.2, 0.25) is 0 Å². The zero-order valence-corrected chi connectivity index (χ0v) is 8.82. The third kappa shape index (κ3) is 4.37. The van der Waals surface area contributed by atoms with Crippen molar-refractivity contribution in [2.24, 2.45) is 5.73 Å². The SMILES string of the molecule is COCC(O)COC1CCCC(N)C1. The van der Waals surface area contributed by atoms with E-state index in [1.807, 2.05) is 0 Å². The second kappa shape index (κ2) is 6.35. The molecule has 0 aliphatic heterocycles. The van der Waals surface area contributed by atoms with Crippen LogP contribution in [0.15, 0.2) is 0 Å². The second-order valence-electron chi connectivity index (χ2n) is 3.99. The standard InChI is InChI=1S/C10H21NO3/c1-13-6-9(12)7-14-10-4-2-3-8(11)5-10/h8-10,12H,2-7,11H2,1H3. The minimum atomic E-state index is -0.516. The summed E-state index contributed by atoms with van der Waals surface area (Å²) in [5.41, 5.74) is 5.82. The molecule has 0 heterocycles. The summed E-state index contributed by atoms with van der Waals surface area (Å²) >= 11 is 0. The van der Waals surface area contributed by atoms with E-state index in [0.29, 0.717) is 13.2 Å². The zero-order chi connectivity index (χ0) is 10.4. The molecule has 1 rings (SSSR count). The smallest absolute Gasteiger partial charge is 0.101 e. The third-order valence-electron chi connectivity index (χ3n) is 2.55. The molecular formula is C10H21NO3. The molecule has 84 valence electrons.